The summed E-state index contributed by atoms with van der Waals surface area (Å²) < 4.78 is 0. The van der Waals surface area contributed by atoms with Gasteiger partial charge in [-0.1, -0.05) is 0 Å². The van der Waals surface area contributed by atoms with Crippen LogP contribution in [0.15, 0.2) is 0 Å². The van der Waals surface area contributed by atoms with Gasteiger partial charge in [0, 0.05) is 0 Å². The monoisotopic (exact) mass is 154 g/mol. The van der Waals surface area contributed by atoms with E-state index >= 15 is 0 Å². The minimum absolute atomic E-state index is 0.895. The van der Waals surface area contributed by atoms with Crippen LogP contribution >= 0.6 is 0 Å². The van der Waals surface area contributed by atoms with Crippen molar-refractivity contribution in [1.29, 1.82) is 0 Å². The van der Waals surface area contributed by atoms with Crippen LogP contribution in [0.2, 0.25) is 5.28 Å². The van der Waals surface area contributed by atoms with Crippen LogP contribution < -0.4 is 0 Å². The van der Waals surface area contributed by atoms with Crippen LogP contribution in [0.4, 0.5) is 0 Å². The van der Waals surface area contributed by atoms with E-state index in [9.17, 15) is 0 Å². The summed E-state index contributed by atoms with van der Waals surface area (Å²) in [5.41, 5.74) is 0. The van der Waals surface area contributed by atoms with Crippen LogP contribution in [-0.2, 0) is 0 Å². The summed E-state index contributed by atoms with van der Waals surface area (Å²) in [5.74, 6) is 1.83. The fourth-order valence-electron chi connectivity index (χ4n) is 1.39. The van der Waals surface area contributed by atoms with Gasteiger partial charge in [0.1, 0.15) is 0 Å². The second kappa shape index (κ2) is 6.26. The third-order valence-corrected chi connectivity index (χ3v) is 2.79. The molecule has 0 heterocycles. The Bertz CT molecular complexity index is 71.1. The molecule has 0 aromatic carbocycles. The summed E-state index contributed by atoms with van der Waals surface area (Å²) in [6.45, 7) is 6.96. The average molecular weight is 154 g/mol. The van der Waals surface area contributed by atoms with Gasteiger partial charge < -0.3 is 0 Å². The molecule has 56 valence electrons. The first kappa shape index (κ1) is 10.5. The Labute approximate surface area is 73.8 Å². The van der Waals surface area contributed by atoms with Gasteiger partial charge in [-0.15, -0.1) is 0 Å². The van der Waals surface area contributed by atoms with Crippen molar-refractivity contribution < 1.29 is 0 Å². The van der Waals surface area contributed by atoms with Crippen molar-refractivity contribution in [2.45, 2.75) is 45.3 Å². The second-order valence-corrected chi connectivity index (χ2v) is 3.94. The SMILES string of the molecule is CCCC(C)CC(C)[CH2][Al+2]. The predicted molar refractivity (Wildman–Crippen MR) is 48.4 cm³/mol. The fourth-order valence-corrected chi connectivity index (χ4v) is 1.59. The summed E-state index contributed by atoms with van der Waals surface area (Å²) in [6.07, 6.45) is 4.14. The Morgan fingerprint density at radius 1 is 1.20 bits per heavy atom. The summed E-state index contributed by atoms with van der Waals surface area (Å²) in [6, 6.07) is 0. The van der Waals surface area contributed by atoms with Gasteiger partial charge in [-0.25, -0.2) is 0 Å². The zero-order chi connectivity index (χ0) is 7.98. The van der Waals surface area contributed by atoms with Gasteiger partial charge in [-0.2, -0.15) is 0 Å². The molecule has 0 nitrogen and oxygen atoms in total. The molecular weight excluding hydrogens is 135 g/mol. The quantitative estimate of drug-likeness (QED) is 0.534. The Hall–Kier alpha value is 0.532. The van der Waals surface area contributed by atoms with Crippen molar-refractivity contribution in [3.8, 4) is 0 Å². The van der Waals surface area contributed by atoms with Gasteiger partial charge >= 0.3 is 73.4 Å². The summed E-state index contributed by atoms with van der Waals surface area (Å²) in [5, 5.41) is 1.26. The minimum atomic E-state index is 0.895. The van der Waals surface area contributed by atoms with E-state index in [1.165, 1.54) is 24.5 Å². The Morgan fingerprint density at radius 3 is 2.20 bits per heavy atom. The molecule has 10 heavy (non-hydrogen) atoms. The molecule has 0 spiro atoms. The summed E-state index contributed by atoms with van der Waals surface area (Å²) >= 11 is 2.82. The third-order valence-electron chi connectivity index (χ3n) is 1.99. The van der Waals surface area contributed by atoms with E-state index < -0.39 is 0 Å². The maximum atomic E-state index is 2.82. The molecule has 0 bridgehead atoms. The molecule has 0 saturated heterocycles. The molecule has 0 aliphatic rings. The van der Waals surface area contributed by atoms with Crippen LogP contribution in [0.5, 0.6) is 0 Å². The molecule has 2 atom stereocenters. The molecule has 0 saturated carbocycles. The average Bonchev–Trinajstić information content (AvgIpc) is 1.88. The van der Waals surface area contributed by atoms with Crippen molar-refractivity contribution in [3.63, 3.8) is 0 Å². The van der Waals surface area contributed by atoms with Crippen molar-refractivity contribution >= 4 is 16.3 Å². The Balaban J connectivity index is 3.27. The molecular formula is C9H19Al+2. The van der Waals surface area contributed by atoms with E-state index in [1.54, 1.807) is 0 Å². The van der Waals surface area contributed by atoms with E-state index in [0.29, 0.717) is 0 Å². The molecule has 0 fully saturated rings. The fraction of sp³-hybridized carbons (Fsp3) is 1.00. The molecule has 0 aromatic rings. The molecule has 0 rings (SSSR count). The molecule has 0 aromatic heterocycles. The van der Waals surface area contributed by atoms with Crippen molar-refractivity contribution in [2.75, 3.05) is 0 Å². The van der Waals surface area contributed by atoms with Crippen molar-refractivity contribution in [3.05, 3.63) is 0 Å². The number of rotatable bonds is 5. The standard InChI is InChI=1S/C9H19.Al/c1-5-6-9(4)7-8(2)3;/h8-9H,2,5-7H2,1,3-4H3;/q;+2. The van der Waals surface area contributed by atoms with Crippen LogP contribution in [0, 0.1) is 11.8 Å². The molecule has 0 amide bonds. The van der Waals surface area contributed by atoms with Crippen LogP contribution in [0.25, 0.3) is 0 Å². The predicted octanol–water partition coefficient (Wildman–Crippen LogP) is 3.04. The molecule has 0 N–H and O–H groups in total. The first-order valence-electron chi connectivity index (χ1n) is 4.40. The van der Waals surface area contributed by atoms with Gasteiger partial charge in [-0.05, 0) is 0 Å². The first-order chi connectivity index (χ1) is 4.70. The van der Waals surface area contributed by atoms with Gasteiger partial charge in [0.15, 0.2) is 0 Å². The van der Waals surface area contributed by atoms with E-state index in [0.717, 1.165) is 11.8 Å². The summed E-state index contributed by atoms with van der Waals surface area (Å²) in [4.78, 5) is 0. The maximum absolute atomic E-state index is 2.82. The third kappa shape index (κ3) is 5.33. The van der Waals surface area contributed by atoms with Crippen molar-refractivity contribution in [2.24, 2.45) is 11.8 Å². The normalized spacial score (nSPS) is 16.9. The van der Waals surface area contributed by atoms with E-state index in [4.69, 9.17) is 0 Å². The summed E-state index contributed by atoms with van der Waals surface area (Å²) in [7, 11) is 0. The van der Waals surface area contributed by atoms with E-state index in [1.807, 2.05) is 0 Å². The second-order valence-electron chi connectivity index (χ2n) is 3.47. The van der Waals surface area contributed by atoms with Crippen LogP contribution in [0.1, 0.15) is 40.0 Å². The molecule has 1 heteroatoms. The Kier molecular flexibility index (Phi) is 6.59. The molecule has 0 radical (unpaired) electrons. The van der Waals surface area contributed by atoms with Gasteiger partial charge in [0.05, 0.1) is 0 Å². The zero-order valence-corrected chi connectivity index (χ0v) is 8.72. The van der Waals surface area contributed by atoms with Gasteiger partial charge in [0.25, 0.3) is 0 Å². The van der Waals surface area contributed by atoms with Crippen LogP contribution in [0.3, 0.4) is 0 Å². The zero-order valence-electron chi connectivity index (χ0n) is 7.56. The van der Waals surface area contributed by atoms with Crippen LogP contribution in [-0.4, -0.2) is 16.3 Å². The number of hydrogen-bond donors (Lipinski definition) is 0. The topological polar surface area (TPSA) is 0 Å². The first-order valence-corrected chi connectivity index (χ1v) is 5.22. The van der Waals surface area contributed by atoms with Crippen molar-refractivity contribution in [1.82, 2.24) is 0 Å². The van der Waals surface area contributed by atoms with E-state index in [2.05, 4.69) is 37.1 Å². The van der Waals surface area contributed by atoms with E-state index in [-0.39, 0.29) is 0 Å². The molecule has 0 aliphatic heterocycles. The number of hydrogen-bond acceptors (Lipinski definition) is 0. The molecule has 2 unspecified atom stereocenters. The van der Waals surface area contributed by atoms with Gasteiger partial charge in [-0.3, -0.25) is 0 Å². The van der Waals surface area contributed by atoms with Gasteiger partial charge in [0.2, 0.25) is 0 Å². The molecule has 0 aliphatic carbocycles. The Morgan fingerprint density at radius 2 is 1.80 bits per heavy atom.